The van der Waals surface area contributed by atoms with E-state index in [-0.39, 0.29) is 5.60 Å². The molecule has 0 aromatic heterocycles. The van der Waals surface area contributed by atoms with E-state index in [0.717, 1.165) is 32.7 Å². The van der Waals surface area contributed by atoms with Crippen LogP contribution in [0.2, 0.25) is 0 Å². The van der Waals surface area contributed by atoms with E-state index in [0.29, 0.717) is 0 Å². The predicted molar refractivity (Wildman–Crippen MR) is 39.8 cm³/mol. The van der Waals surface area contributed by atoms with E-state index >= 15 is 0 Å². The molecule has 59 valence electrons. The Morgan fingerprint density at radius 3 is 2.60 bits per heavy atom. The molecule has 1 fully saturated rings. The van der Waals surface area contributed by atoms with Crippen molar-refractivity contribution >= 4 is 0 Å². The Labute approximate surface area is 62.5 Å². The Hall–Kier alpha value is -0.0800. The fourth-order valence-electron chi connectivity index (χ4n) is 1.01. The second-order valence-corrected chi connectivity index (χ2v) is 2.73. The zero-order valence-corrected chi connectivity index (χ0v) is 6.56. The van der Waals surface area contributed by atoms with Gasteiger partial charge in [-0.05, 0) is 12.8 Å². The summed E-state index contributed by atoms with van der Waals surface area (Å²) in [7, 11) is 0. The molecule has 0 saturated carbocycles. The summed E-state index contributed by atoms with van der Waals surface area (Å²) in [6, 6.07) is 0. The number of hydrogen-bond acceptors (Lipinski definition) is 2. The van der Waals surface area contributed by atoms with Crippen molar-refractivity contribution in [1.29, 1.82) is 0 Å². The monoisotopic (exact) mass is 143 g/mol. The van der Waals surface area contributed by atoms with Crippen LogP contribution in [0.3, 0.4) is 0 Å². The van der Waals surface area contributed by atoms with Crippen LogP contribution in [0.4, 0.5) is 0 Å². The van der Waals surface area contributed by atoms with Crippen LogP contribution < -0.4 is 0 Å². The summed E-state index contributed by atoms with van der Waals surface area (Å²) in [6.07, 6.45) is 1.90. The summed E-state index contributed by atoms with van der Waals surface area (Å²) in [6.45, 7) is 8.14. The van der Waals surface area contributed by atoms with Crippen LogP contribution in [0.15, 0.2) is 0 Å². The van der Waals surface area contributed by atoms with Crippen molar-refractivity contribution in [1.82, 2.24) is 0 Å². The third-order valence-electron chi connectivity index (χ3n) is 1.93. The Balaban J connectivity index is 2.20. The minimum atomic E-state index is 0.0533. The van der Waals surface area contributed by atoms with Gasteiger partial charge in [0.05, 0.1) is 13.2 Å². The Morgan fingerprint density at radius 2 is 2.30 bits per heavy atom. The van der Waals surface area contributed by atoms with Gasteiger partial charge in [0.15, 0.2) is 0 Å². The molecule has 1 radical (unpaired) electrons. The van der Waals surface area contributed by atoms with Crippen molar-refractivity contribution in [3.05, 3.63) is 6.92 Å². The SMILES string of the molecule is [CH2]CCOC1(CC)COC1. The summed E-state index contributed by atoms with van der Waals surface area (Å²) >= 11 is 0. The minimum absolute atomic E-state index is 0.0533. The molecule has 0 bridgehead atoms. The van der Waals surface area contributed by atoms with Gasteiger partial charge in [0.25, 0.3) is 0 Å². The molecule has 0 aromatic rings. The van der Waals surface area contributed by atoms with Gasteiger partial charge in [-0.1, -0.05) is 13.8 Å². The molecule has 2 nitrogen and oxygen atoms in total. The summed E-state index contributed by atoms with van der Waals surface area (Å²) in [5.74, 6) is 0. The van der Waals surface area contributed by atoms with Crippen molar-refractivity contribution in [3.8, 4) is 0 Å². The van der Waals surface area contributed by atoms with Crippen molar-refractivity contribution < 1.29 is 9.47 Å². The number of hydrogen-bond donors (Lipinski definition) is 0. The van der Waals surface area contributed by atoms with E-state index in [1.54, 1.807) is 0 Å². The number of ether oxygens (including phenoxy) is 2. The van der Waals surface area contributed by atoms with Gasteiger partial charge in [0, 0.05) is 6.61 Å². The summed E-state index contributed by atoms with van der Waals surface area (Å²) in [5.41, 5.74) is 0.0533. The van der Waals surface area contributed by atoms with Gasteiger partial charge in [0.1, 0.15) is 5.60 Å². The first-order valence-electron chi connectivity index (χ1n) is 3.84. The van der Waals surface area contributed by atoms with Crippen LogP contribution in [0.5, 0.6) is 0 Å². The molecule has 0 atom stereocenters. The minimum Gasteiger partial charge on any atom is -0.375 e. The topological polar surface area (TPSA) is 18.5 Å². The third-order valence-corrected chi connectivity index (χ3v) is 1.93. The highest BCUT2D eigenvalue weighted by Gasteiger charge is 2.37. The largest absolute Gasteiger partial charge is 0.375 e. The van der Waals surface area contributed by atoms with Gasteiger partial charge in [0.2, 0.25) is 0 Å². The molecule has 0 spiro atoms. The van der Waals surface area contributed by atoms with Crippen molar-refractivity contribution in [2.24, 2.45) is 0 Å². The molecule has 1 aliphatic heterocycles. The Bertz CT molecular complexity index is 91.9. The van der Waals surface area contributed by atoms with E-state index in [9.17, 15) is 0 Å². The highest BCUT2D eigenvalue weighted by Crippen LogP contribution is 2.25. The Kier molecular flexibility index (Phi) is 2.69. The normalized spacial score (nSPS) is 22.2. The standard InChI is InChI=1S/C8H15O2/c1-3-5-10-8(4-2)6-9-7-8/h1,3-7H2,2H3. The zero-order valence-electron chi connectivity index (χ0n) is 6.56. The van der Waals surface area contributed by atoms with E-state index < -0.39 is 0 Å². The fourth-order valence-corrected chi connectivity index (χ4v) is 1.01. The van der Waals surface area contributed by atoms with Crippen molar-refractivity contribution in [3.63, 3.8) is 0 Å². The highest BCUT2D eigenvalue weighted by molar-refractivity contribution is 4.85. The van der Waals surface area contributed by atoms with Crippen LogP contribution in [-0.2, 0) is 9.47 Å². The molecule has 0 aliphatic carbocycles. The van der Waals surface area contributed by atoms with Gasteiger partial charge in [-0.2, -0.15) is 0 Å². The van der Waals surface area contributed by atoms with Crippen LogP contribution in [0, 0.1) is 6.92 Å². The van der Waals surface area contributed by atoms with Gasteiger partial charge >= 0.3 is 0 Å². The van der Waals surface area contributed by atoms with Crippen molar-refractivity contribution in [2.75, 3.05) is 19.8 Å². The quantitative estimate of drug-likeness (QED) is 0.592. The second kappa shape index (κ2) is 3.35. The van der Waals surface area contributed by atoms with Crippen LogP contribution in [0.25, 0.3) is 0 Å². The molecular weight excluding hydrogens is 128 g/mol. The molecule has 0 aromatic carbocycles. The molecule has 0 amide bonds. The first-order valence-corrected chi connectivity index (χ1v) is 3.84. The van der Waals surface area contributed by atoms with Gasteiger partial charge < -0.3 is 9.47 Å². The zero-order chi connectivity index (χ0) is 7.45. The van der Waals surface area contributed by atoms with Crippen molar-refractivity contribution in [2.45, 2.75) is 25.4 Å². The summed E-state index contributed by atoms with van der Waals surface area (Å²) in [4.78, 5) is 0. The van der Waals surface area contributed by atoms with Crippen LogP contribution in [-0.4, -0.2) is 25.4 Å². The molecule has 1 rings (SSSR count). The summed E-state index contributed by atoms with van der Waals surface area (Å²) in [5, 5.41) is 0. The molecular formula is C8H15O2. The lowest BCUT2D eigenvalue weighted by atomic mass is 9.99. The van der Waals surface area contributed by atoms with Gasteiger partial charge in [-0.25, -0.2) is 0 Å². The average molecular weight is 143 g/mol. The third kappa shape index (κ3) is 1.50. The maximum Gasteiger partial charge on any atom is 0.114 e. The van der Waals surface area contributed by atoms with Gasteiger partial charge in [-0.15, -0.1) is 0 Å². The maximum atomic E-state index is 5.58. The lowest BCUT2D eigenvalue weighted by Gasteiger charge is -2.40. The van der Waals surface area contributed by atoms with E-state index in [1.165, 1.54) is 0 Å². The smallest absolute Gasteiger partial charge is 0.114 e. The lowest BCUT2D eigenvalue weighted by Crippen LogP contribution is -2.51. The first-order chi connectivity index (χ1) is 4.83. The first kappa shape index (κ1) is 8.02. The van der Waals surface area contributed by atoms with Crippen LogP contribution >= 0.6 is 0 Å². The predicted octanol–water partition coefficient (Wildman–Crippen LogP) is 1.41. The maximum absolute atomic E-state index is 5.58. The molecule has 10 heavy (non-hydrogen) atoms. The average Bonchev–Trinajstić information content (AvgIpc) is 1.87. The lowest BCUT2D eigenvalue weighted by molar-refractivity contribution is -0.209. The Morgan fingerprint density at radius 1 is 1.60 bits per heavy atom. The highest BCUT2D eigenvalue weighted by atomic mass is 16.6. The molecule has 1 saturated heterocycles. The van der Waals surface area contributed by atoms with Gasteiger partial charge in [-0.3, -0.25) is 0 Å². The molecule has 2 heteroatoms. The van der Waals surface area contributed by atoms with E-state index in [1.807, 2.05) is 0 Å². The van der Waals surface area contributed by atoms with E-state index in [2.05, 4.69) is 13.8 Å². The molecule has 1 heterocycles. The number of rotatable bonds is 4. The molecule has 0 unspecified atom stereocenters. The molecule has 1 aliphatic rings. The fraction of sp³-hybridized carbons (Fsp3) is 0.875. The summed E-state index contributed by atoms with van der Waals surface area (Å²) < 4.78 is 10.7. The van der Waals surface area contributed by atoms with E-state index in [4.69, 9.17) is 9.47 Å². The van der Waals surface area contributed by atoms with Crippen LogP contribution in [0.1, 0.15) is 19.8 Å². The molecule has 0 N–H and O–H groups in total. The second-order valence-electron chi connectivity index (χ2n) is 2.73.